The number of amides is 1. The van der Waals surface area contributed by atoms with Crippen molar-refractivity contribution in [1.82, 2.24) is 20.3 Å². The Morgan fingerprint density at radius 2 is 1.85 bits per heavy atom. The summed E-state index contributed by atoms with van der Waals surface area (Å²) in [5, 5.41) is 6.12. The number of anilines is 2. The van der Waals surface area contributed by atoms with E-state index in [4.69, 9.17) is 4.74 Å². The summed E-state index contributed by atoms with van der Waals surface area (Å²) in [5.41, 5.74) is -3.08. The molecular weight excluding hydrogens is 455 g/mol. The number of rotatable bonds is 6. The third-order valence-electron chi connectivity index (χ3n) is 4.30. The lowest BCUT2D eigenvalue weighted by Gasteiger charge is -2.10. The zero-order chi connectivity index (χ0) is 23.4. The van der Waals surface area contributed by atoms with Gasteiger partial charge in [0, 0.05) is 41.5 Å². The van der Waals surface area contributed by atoms with Gasteiger partial charge in [-0.1, -0.05) is 6.07 Å². The number of alkyl halides is 3. The summed E-state index contributed by atoms with van der Waals surface area (Å²) in [5.74, 6) is 0.876. The van der Waals surface area contributed by atoms with Crippen molar-refractivity contribution in [3.8, 4) is 11.5 Å². The van der Waals surface area contributed by atoms with Crippen LogP contribution in [0.1, 0.15) is 10.5 Å². The molecule has 0 bridgehead atoms. The Balaban J connectivity index is 1.51. The van der Waals surface area contributed by atoms with Gasteiger partial charge in [0.05, 0.1) is 5.52 Å². The van der Waals surface area contributed by atoms with Crippen LogP contribution in [0.4, 0.5) is 24.8 Å². The summed E-state index contributed by atoms with van der Waals surface area (Å²) in [4.78, 5) is 24.4. The molecule has 0 saturated carbocycles. The monoisotopic (exact) mass is 471 g/mol. The van der Waals surface area contributed by atoms with Gasteiger partial charge in [-0.3, -0.25) is 9.78 Å². The van der Waals surface area contributed by atoms with Gasteiger partial charge in [-0.05, 0) is 54.2 Å². The van der Waals surface area contributed by atoms with E-state index in [-0.39, 0.29) is 34.2 Å². The van der Waals surface area contributed by atoms with Gasteiger partial charge in [-0.2, -0.15) is 13.2 Å². The number of thioether (sulfide) groups is 1. The number of carbonyl (C=O) groups excluding carboxylic acids is 1. The molecule has 11 heteroatoms. The van der Waals surface area contributed by atoms with Gasteiger partial charge in [0.15, 0.2) is 0 Å². The molecule has 0 unspecified atom stereocenters. The van der Waals surface area contributed by atoms with Crippen molar-refractivity contribution in [2.45, 2.75) is 10.4 Å². The minimum absolute atomic E-state index is 0.0609. The zero-order valence-electron chi connectivity index (χ0n) is 17.1. The van der Waals surface area contributed by atoms with Gasteiger partial charge in [-0.15, -0.1) is 0 Å². The molecule has 7 nitrogen and oxygen atoms in total. The van der Waals surface area contributed by atoms with Crippen LogP contribution in [0.5, 0.6) is 11.5 Å². The summed E-state index contributed by atoms with van der Waals surface area (Å²) >= 11 is -0.187. The summed E-state index contributed by atoms with van der Waals surface area (Å²) in [6.07, 6.45) is 3.05. The summed E-state index contributed by atoms with van der Waals surface area (Å²) in [7, 11) is 1.52. The lowest BCUT2D eigenvalue weighted by atomic mass is 10.2. The molecule has 0 fully saturated rings. The van der Waals surface area contributed by atoms with Crippen LogP contribution in [-0.4, -0.2) is 33.4 Å². The van der Waals surface area contributed by atoms with Crippen molar-refractivity contribution in [3.63, 3.8) is 0 Å². The number of fused-ring (bicyclic) bond motifs is 1. The Morgan fingerprint density at radius 3 is 2.64 bits per heavy atom. The van der Waals surface area contributed by atoms with Crippen molar-refractivity contribution in [1.29, 1.82) is 0 Å². The highest BCUT2D eigenvalue weighted by atomic mass is 32.2. The molecule has 1 amide bonds. The quantitative estimate of drug-likeness (QED) is 0.357. The molecule has 0 atom stereocenters. The maximum atomic E-state index is 12.6. The predicted molar refractivity (Wildman–Crippen MR) is 119 cm³/mol. The Kier molecular flexibility index (Phi) is 6.31. The van der Waals surface area contributed by atoms with Gasteiger partial charge in [0.1, 0.15) is 17.2 Å². The molecule has 0 radical (unpaired) electrons. The van der Waals surface area contributed by atoms with E-state index in [0.29, 0.717) is 28.1 Å². The molecule has 4 aromatic rings. The van der Waals surface area contributed by atoms with E-state index in [9.17, 15) is 18.0 Å². The number of hydrogen-bond acceptors (Lipinski definition) is 7. The molecule has 33 heavy (non-hydrogen) atoms. The summed E-state index contributed by atoms with van der Waals surface area (Å²) in [6, 6.07) is 14.2. The van der Waals surface area contributed by atoms with Crippen LogP contribution in [0, 0.1) is 0 Å². The van der Waals surface area contributed by atoms with Crippen molar-refractivity contribution >= 4 is 40.2 Å². The normalized spacial score (nSPS) is 11.3. The molecule has 0 aliphatic rings. The SMILES string of the molecule is CNC(=O)c1cc(Oc2ccc3nc(Nc4cccc(SC(F)(F)F)c4)ncc3c2)ccn1. The topological polar surface area (TPSA) is 89.0 Å². The molecule has 2 heterocycles. The molecule has 2 aromatic heterocycles. The van der Waals surface area contributed by atoms with E-state index in [0.717, 1.165) is 0 Å². The van der Waals surface area contributed by atoms with Crippen LogP contribution in [-0.2, 0) is 0 Å². The van der Waals surface area contributed by atoms with Gasteiger partial charge < -0.3 is 15.4 Å². The largest absolute Gasteiger partial charge is 0.457 e. The van der Waals surface area contributed by atoms with E-state index >= 15 is 0 Å². The van der Waals surface area contributed by atoms with E-state index in [1.165, 1.54) is 37.5 Å². The van der Waals surface area contributed by atoms with Crippen molar-refractivity contribution in [2.75, 3.05) is 12.4 Å². The van der Waals surface area contributed by atoms with Crippen LogP contribution < -0.4 is 15.4 Å². The highest BCUT2D eigenvalue weighted by Gasteiger charge is 2.29. The third-order valence-corrected chi connectivity index (χ3v) is 5.02. The second kappa shape index (κ2) is 9.33. The van der Waals surface area contributed by atoms with E-state index < -0.39 is 5.51 Å². The van der Waals surface area contributed by atoms with Gasteiger partial charge in [0.2, 0.25) is 5.95 Å². The average molecular weight is 471 g/mol. The van der Waals surface area contributed by atoms with Crippen molar-refractivity contribution < 1.29 is 22.7 Å². The first-order chi connectivity index (χ1) is 15.8. The average Bonchev–Trinajstić information content (AvgIpc) is 2.78. The number of carbonyl (C=O) groups is 1. The Morgan fingerprint density at radius 1 is 1.03 bits per heavy atom. The standard InChI is InChI=1S/C22H16F3N5O2S/c1-26-20(31)19-11-16(7-8-27-19)32-15-5-6-18-13(9-15)12-28-21(30-18)29-14-3-2-4-17(10-14)33-22(23,24)25/h2-12H,1H3,(H,26,31)(H,28,29,30). The number of nitrogens with one attached hydrogen (secondary N) is 2. The van der Waals surface area contributed by atoms with Gasteiger partial charge in [-0.25, -0.2) is 9.97 Å². The smallest absolute Gasteiger partial charge is 0.446 e. The first-order valence-corrected chi connectivity index (χ1v) is 10.4. The fourth-order valence-electron chi connectivity index (χ4n) is 2.90. The van der Waals surface area contributed by atoms with Gasteiger partial charge in [0.25, 0.3) is 5.91 Å². The molecule has 2 aromatic carbocycles. The molecule has 0 aliphatic heterocycles. The fraction of sp³-hybridized carbons (Fsp3) is 0.0909. The maximum absolute atomic E-state index is 12.6. The molecular formula is C22H16F3N5O2S. The second-order valence-corrected chi connectivity index (χ2v) is 7.81. The van der Waals surface area contributed by atoms with E-state index in [1.54, 1.807) is 36.5 Å². The van der Waals surface area contributed by atoms with Crippen LogP contribution in [0.15, 0.2) is 71.9 Å². The number of halogens is 3. The highest BCUT2D eigenvalue weighted by molar-refractivity contribution is 8.00. The van der Waals surface area contributed by atoms with Crippen LogP contribution in [0.2, 0.25) is 0 Å². The molecule has 0 spiro atoms. The second-order valence-electron chi connectivity index (χ2n) is 6.67. The number of ether oxygens (including phenoxy) is 1. The number of benzene rings is 2. The fourth-order valence-corrected chi connectivity index (χ4v) is 3.50. The molecule has 0 saturated heterocycles. The Hall–Kier alpha value is -3.86. The van der Waals surface area contributed by atoms with Crippen molar-refractivity contribution in [2.24, 2.45) is 0 Å². The Labute approximate surface area is 190 Å². The van der Waals surface area contributed by atoms with E-state index in [1.807, 2.05) is 0 Å². The summed E-state index contributed by atoms with van der Waals surface area (Å²) in [6.45, 7) is 0. The van der Waals surface area contributed by atoms with Crippen LogP contribution >= 0.6 is 11.8 Å². The van der Waals surface area contributed by atoms with Gasteiger partial charge >= 0.3 is 5.51 Å². The molecule has 0 aliphatic carbocycles. The first-order valence-electron chi connectivity index (χ1n) is 9.55. The Bertz CT molecular complexity index is 1320. The zero-order valence-corrected chi connectivity index (χ0v) is 17.9. The van der Waals surface area contributed by atoms with E-state index in [2.05, 4.69) is 25.6 Å². The number of nitrogens with zero attached hydrogens (tertiary/aromatic N) is 3. The van der Waals surface area contributed by atoms with Crippen LogP contribution in [0.3, 0.4) is 0 Å². The predicted octanol–water partition coefficient (Wildman–Crippen LogP) is 5.53. The number of hydrogen-bond donors (Lipinski definition) is 2. The van der Waals surface area contributed by atoms with Crippen LogP contribution in [0.25, 0.3) is 10.9 Å². The minimum Gasteiger partial charge on any atom is -0.457 e. The minimum atomic E-state index is -4.36. The molecule has 168 valence electrons. The number of aromatic nitrogens is 3. The van der Waals surface area contributed by atoms with Crippen molar-refractivity contribution in [3.05, 3.63) is 72.7 Å². The first kappa shape index (κ1) is 22.3. The summed E-state index contributed by atoms with van der Waals surface area (Å²) < 4.78 is 43.6. The molecule has 4 rings (SSSR count). The lowest BCUT2D eigenvalue weighted by molar-refractivity contribution is -0.0328. The lowest BCUT2D eigenvalue weighted by Crippen LogP contribution is -2.18. The maximum Gasteiger partial charge on any atom is 0.446 e. The highest BCUT2D eigenvalue weighted by Crippen LogP contribution is 2.37. The third kappa shape index (κ3) is 5.89. The molecule has 2 N–H and O–H groups in total. The number of pyridine rings is 1.